The second-order valence-corrected chi connectivity index (χ2v) is 6.37. The van der Waals surface area contributed by atoms with Crippen LogP contribution in [-0.2, 0) is 24.0 Å². The molecule has 0 aliphatic rings. The molecule has 9 nitrogen and oxygen atoms in total. The first kappa shape index (κ1) is 21.3. The third-order valence-corrected chi connectivity index (χ3v) is 4.11. The predicted molar refractivity (Wildman–Crippen MR) is 91.1 cm³/mol. The van der Waals surface area contributed by atoms with Crippen LogP contribution < -0.4 is 4.90 Å². The largest absolute Gasteiger partial charge is 0.422 e. The van der Waals surface area contributed by atoms with E-state index in [2.05, 4.69) is 15.0 Å². The third-order valence-electron chi connectivity index (χ3n) is 4.11. The lowest BCUT2D eigenvalue weighted by Gasteiger charge is -2.25. The number of aryl methyl sites for hydroxylation is 1. The van der Waals surface area contributed by atoms with Gasteiger partial charge < -0.3 is 19.5 Å². The number of nitrogens with zero attached hydrogens (tertiary/aromatic N) is 6. The van der Waals surface area contributed by atoms with Gasteiger partial charge in [0.1, 0.15) is 0 Å². The van der Waals surface area contributed by atoms with Crippen LogP contribution in [0, 0.1) is 0 Å². The van der Waals surface area contributed by atoms with Gasteiger partial charge in [-0.05, 0) is 6.92 Å². The minimum Gasteiger partial charge on any atom is -0.375 e. The summed E-state index contributed by atoms with van der Waals surface area (Å²) in [5.74, 6) is -0.311. The molecule has 0 spiro atoms. The van der Waals surface area contributed by atoms with Gasteiger partial charge >= 0.3 is 6.18 Å². The number of hydrogen-bond donors (Lipinski definition) is 1. The van der Waals surface area contributed by atoms with Gasteiger partial charge in [0.15, 0.2) is 11.5 Å². The fraction of sp³-hybridized carbons (Fsp3) is 0.438. The molecule has 1 N–H and O–H groups in total. The number of halogens is 3. The van der Waals surface area contributed by atoms with Crippen molar-refractivity contribution >= 4 is 18.1 Å². The molecule has 2 heterocycles. The fourth-order valence-electron chi connectivity index (χ4n) is 2.30. The molecule has 12 heteroatoms. The molecule has 2 amide bonds. The van der Waals surface area contributed by atoms with E-state index in [4.69, 9.17) is 0 Å². The molecule has 2 aromatic rings. The highest BCUT2D eigenvalue weighted by molar-refractivity contribution is 5.99. The summed E-state index contributed by atoms with van der Waals surface area (Å²) in [4.78, 5) is 37.6. The number of rotatable bonds is 6. The summed E-state index contributed by atoms with van der Waals surface area (Å²) in [7, 11) is 4.49. The molecule has 0 fully saturated rings. The van der Waals surface area contributed by atoms with Crippen LogP contribution in [0.1, 0.15) is 28.8 Å². The van der Waals surface area contributed by atoms with Crippen molar-refractivity contribution in [1.82, 2.24) is 24.4 Å². The smallest absolute Gasteiger partial charge is 0.375 e. The SMILES string of the molecule is CN(Cc1cnc(C(C)(O)C(F)(F)F)cn1)C(=O)c1c(N(C)C=O)ncn1C. The number of carbonyl (C=O) groups is 2. The average Bonchev–Trinajstić information content (AvgIpc) is 3.01. The number of carbonyl (C=O) groups excluding carboxylic acids is 2. The first-order valence-electron chi connectivity index (χ1n) is 7.95. The van der Waals surface area contributed by atoms with Crippen LogP contribution in [-0.4, -0.2) is 62.1 Å². The number of imidazole rings is 1. The summed E-state index contributed by atoms with van der Waals surface area (Å²) in [5, 5.41) is 9.61. The molecule has 2 aromatic heterocycles. The van der Waals surface area contributed by atoms with Crippen LogP contribution in [0.25, 0.3) is 0 Å². The molecule has 0 aliphatic heterocycles. The highest BCUT2D eigenvalue weighted by atomic mass is 19.4. The van der Waals surface area contributed by atoms with Crippen LogP contribution in [0.4, 0.5) is 19.0 Å². The second kappa shape index (κ2) is 7.54. The first-order chi connectivity index (χ1) is 12.9. The van der Waals surface area contributed by atoms with Crippen molar-refractivity contribution in [2.45, 2.75) is 25.2 Å². The highest BCUT2D eigenvalue weighted by Gasteiger charge is 2.52. The van der Waals surface area contributed by atoms with E-state index in [0.29, 0.717) is 13.3 Å². The summed E-state index contributed by atoms with van der Waals surface area (Å²) in [6.07, 6.45) is -1.14. The van der Waals surface area contributed by atoms with Crippen molar-refractivity contribution in [3.8, 4) is 0 Å². The van der Waals surface area contributed by atoms with E-state index in [9.17, 15) is 27.9 Å². The highest BCUT2D eigenvalue weighted by Crippen LogP contribution is 2.37. The molecule has 0 saturated carbocycles. The molecule has 152 valence electrons. The van der Waals surface area contributed by atoms with Gasteiger partial charge in [-0.25, -0.2) is 4.98 Å². The van der Waals surface area contributed by atoms with Crippen LogP contribution in [0.5, 0.6) is 0 Å². The summed E-state index contributed by atoms with van der Waals surface area (Å²) in [5.41, 5.74) is -3.42. The molecule has 0 aromatic carbocycles. The van der Waals surface area contributed by atoms with Gasteiger partial charge in [0.2, 0.25) is 12.0 Å². The summed E-state index contributed by atoms with van der Waals surface area (Å²) < 4.78 is 40.0. The Balaban J connectivity index is 2.20. The van der Waals surface area contributed by atoms with Gasteiger partial charge in [0.25, 0.3) is 5.91 Å². The summed E-state index contributed by atoms with van der Waals surface area (Å²) >= 11 is 0. The Morgan fingerprint density at radius 1 is 1.25 bits per heavy atom. The zero-order chi connectivity index (χ0) is 21.3. The van der Waals surface area contributed by atoms with Gasteiger partial charge in [-0.3, -0.25) is 19.6 Å². The molecular weight excluding hydrogens is 381 g/mol. The number of aromatic nitrogens is 4. The lowest BCUT2D eigenvalue weighted by atomic mass is 10.0. The third kappa shape index (κ3) is 3.96. The van der Waals surface area contributed by atoms with Gasteiger partial charge in [0, 0.05) is 21.1 Å². The van der Waals surface area contributed by atoms with E-state index >= 15 is 0 Å². The Labute approximate surface area is 158 Å². The molecule has 0 bridgehead atoms. The second-order valence-electron chi connectivity index (χ2n) is 6.37. The summed E-state index contributed by atoms with van der Waals surface area (Å²) in [6.45, 7) is 0.523. The van der Waals surface area contributed by atoms with Crippen LogP contribution in [0.2, 0.25) is 0 Å². The molecule has 1 atom stereocenters. The number of aliphatic hydroxyl groups is 1. The zero-order valence-corrected chi connectivity index (χ0v) is 15.6. The Bertz CT molecular complexity index is 863. The Morgan fingerprint density at radius 2 is 1.89 bits per heavy atom. The van der Waals surface area contributed by atoms with Gasteiger partial charge in [-0.2, -0.15) is 13.2 Å². The van der Waals surface area contributed by atoms with E-state index < -0.39 is 23.4 Å². The van der Waals surface area contributed by atoms with E-state index in [0.717, 1.165) is 17.3 Å². The van der Waals surface area contributed by atoms with E-state index in [-0.39, 0.29) is 23.8 Å². The minimum atomic E-state index is -4.91. The minimum absolute atomic E-state index is 0.0598. The number of hydrogen-bond acceptors (Lipinski definition) is 6. The fourth-order valence-corrected chi connectivity index (χ4v) is 2.30. The van der Waals surface area contributed by atoms with Crippen LogP contribution >= 0.6 is 0 Å². The van der Waals surface area contributed by atoms with E-state index in [1.165, 1.54) is 29.9 Å². The van der Waals surface area contributed by atoms with Crippen molar-refractivity contribution in [2.75, 3.05) is 19.0 Å². The van der Waals surface area contributed by atoms with Crippen molar-refractivity contribution < 1.29 is 27.9 Å². The zero-order valence-electron chi connectivity index (χ0n) is 15.6. The van der Waals surface area contributed by atoms with Crippen molar-refractivity contribution in [2.24, 2.45) is 7.05 Å². The molecule has 2 rings (SSSR count). The van der Waals surface area contributed by atoms with Gasteiger partial charge in [-0.15, -0.1) is 0 Å². The normalized spacial score (nSPS) is 13.7. The van der Waals surface area contributed by atoms with Crippen LogP contribution in [0.3, 0.4) is 0 Å². The van der Waals surface area contributed by atoms with Gasteiger partial charge in [0.05, 0.1) is 36.7 Å². The molecule has 0 radical (unpaired) electrons. The van der Waals surface area contributed by atoms with E-state index in [1.807, 2.05) is 0 Å². The van der Waals surface area contributed by atoms with Crippen LogP contribution in [0.15, 0.2) is 18.7 Å². The maximum atomic E-state index is 12.9. The maximum Gasteiger partial charge on any atom is 0.422 e. The average molecular weight is 400 g/mol. The van der Waals surface area contributed by atoms with Crippen molar-refractivity contribution in [3.63, 3.8) is 0 Å². The number of amides is 2. The Kier molecular flexibility index (Phi) is 5.73. The summed E-state index contributed by atoms with van der Waals surface area (Å²) in [6, 6.07) is 0. The van der Waals surface area contributed by atoms with Gasteiger partial charge in [-0.1, -0.05) is 0 Å². The van der Waals surface area contributed by atoms with E-state index in [1.54, 1.807) is 7.05 Å². The molecule has 1 unspecified atom stereocenters. The molecular formula is C16H19F3N6O3. The lowest BCUT2D eigenvalue weighted by Crippen LogP contribution is -2.40. The number of anilines is 1. The lowest BCUT2D eigenvalue weighted by molar-refractivity contribution is -0.260. The maximum absolute atomic E-state index is 12.9. The Morgan fingerprint density at radius 3 is 2.39 bits per heavy atom. The predicted octanol–water partition coefficient (Wildman–Crippen LogP) is 0.845. The van der Waals surface area contributed by atoms with Crippen molar-refractivity contribution in [1.29, 1.82) is 0 Å². The molecule has 0 saturated heterocycles. The quantitative estimate of drug-likeness (QED) is 0.721. The molecule has 0 aliphatic carbocycles. The van der Waals surface area contributed by atoms with Crippen molar-refractivity contribution in [3.05, 3.63) is 35.8 Å². The topological polar surface area (TPSA) is 104 Å². The number of alkyl halides is 3. The standard InChI is InChI=1S/C16H19F3N6O3/c1-15(28,16(17,18)19)11-6-20-10(5-21-11)7-23(2)14(27)12-13(25(4)9-26)22-8-24(12)3/h5-6,8-9,28H,7H2,1-4H3. The monoisotopic (exact) mass is 400 g/mol. The Hall–Kier alpha value is -3.02. The molecule has 28 heavy (non-hydrogen) atoms. The first-order valence-corrected chi connectivity index (χ1v) is 7.95.